The van der Waals surface area contributed by atoms with Crippen LogP contribution in [0.15, 0.2) is 0 Å². The minimum absolute atomic E-state index is 0.534. The third-order valence-electron chi connectivity index (χ3n) is 4.23. The molecule has 16 heavy (non-hydrogen) atoms. The van der Waals surface area contributed by atoms with E-state index in [0.29, 0.717) is 25.4 Å². The maximum Gasteiger partial charge on any atom is 0.310 e. The molecule has 1 fully saturated rings. The van der Waals surface area contributed by atoms with Gasteiger partial charge >= 0.3 is 5.97 Å². The van der Waals surface area contributed by atoms with Gasteiger partial charge in [-0.3, -0.25) is 4.79 Å². The molecule has 0 aromatic carbocycles. The fourth-order valence-electron chi connectivity index (χ4n) is 2.61. The summed E-state index contributed by atoms with van der Waals surface area (Å²) in [7, 11) is 0. The zero-order valence-electron chi connectivity index (χ0n) is 10.8. The van der Waals surface area contributed by atoms with Crippen molar-refractivity contribution in [3.05, 3.63) is 0 Å². The summed E-state index contributed by atoms with van der Waals surface area (Å²) in [5.74, 6) is 0.135. The van der Waals surface area contributed by atoms with E-state index in [2.05, 4.69) is 12.2 Å². The summed E-state index contributed by atoms with van der Waals surface area (Å²) in [5.41, 5.74) is -0.564. The molecule has 0 bridgehead atoms. The lowest BCUT2D eigenvalue weighted by Gasteiger charge is -2.28. The van der Waals surface area contributed by atoms with E-state index in [-0.39, 0.29) is 0 Å². The van der Waals surface area contributed by atoms with Crippen molar-refractivity contribution >= 4 is 5.97 Å². The molecule has 2 N–H and O–H groups in total. The maximum absolute atomic E-state index is 11.3. The number of hydrogen-bond donors (Lipinski definition) is 2. The zero-order chi connectivity index (χ0) is 12.2. The van der Waals surface area contributed by atoms with Crippen LogP contribution in [0.1, 0.15) is 52.9 Å². The zero-order valence-corrected chi connectivity index (χ0v) is 10.8. The highest BCUT2D eigenvalue weighted by molar-refractivity contribution is 5.74. The third-order valence-corrected chi connectivity index (χ3v) is 4.23. The Kier molecular flexibility index (Phi) is 4.78. The van der Waals surface area contributed by atoms with E-state index >= 15 is 0 Å². The minimum Gasteiger partial charge on any atom is -0.481 e. The Bertz CT molecular complexity index is 236. The number of carboxylic acids is 1. The lowest BCUT2D eigenvalue weighted by molar-refractivity contribution is -0.149. The van der Waals surface area contributed by atoms with E-state index in [4.69, 9.17) is 0 Å². The smallest absolute Gasteiger partial charge is 0.310 e. The van der Waals surface area contributed by atoms with Gasteiger partial charge in [0.2, 0.25) is 0 Å². The van der Waals surface area contributed by atoms with Crippen LogP contribution in [0.3, 0.4) is 0 Å². The van der Waals surface area contributed by atoms with Crippen molar-refractivity contribution in [2.45, 2.75) is 58.9 Å². The van der Waals surface area contributed by atoms with Crippen molar-refractivity contribution in [1.29, 1.82) is 0 Å². The molecular weight excluding hydrogens is 202 g/mol. The fourth-order valence-corrected chi connectivity index (χ4v) is 2.61. The number of carbonyl (C=O) groups is 1. The summed E-state index contributed by atoms with van der Waals surface area (Å²) in [6, 6.07) is 0.534. The standard InChI is InChI=1S/C13H25NO2/c1-4-13(5-2,12(15)16)9-14-11-7-6-10(3)8-11/h10-11,14H,4-9H2,1-3H3,(H,15,16). The van der Waals surface area contributed by atoms with Gasteiger partial charge in [0.15, 0.2) is 0 Å². The van der Waals surface area contributed by atoms with Gasteiger partial charge in [-0.2, -0.15) is 0 Å². The fraction of sp³-hybridized carbons (Fsp3) is 0.923. The van der Waals surface area contributed by atoms with Crippen LogP contribution >= 0.6 is 0 Å². The average Bonchev–Trinajstić information content (AvgIpc) is 2.66. The second kappa shape index (κ2) is 5.67. The van der Waals surface area contributed by atoms with E-state index in [0.717, 1.165) is 5.92 Å². The molecule has 0 spiro atoms. The van der Waals surface area contributed by atoms with Crippen molar-refractivity contribution in [2.75, 3.05) is 6.54 Å². The van der Waals surface area contributed by atoms with E-state index in [1.54, 1.807) is 0 Å². The Hall–Kier alpha value is -0.570. The first-order valence-corrected chi connectivity index (χ1v) is 6.51. The highest BCUT2D eigenvalue weighted by Crippen LogP contribution is 2.29. The number of carboxylic acid groups (broad SMARTS) is 1. The van der Waals surface area contributed by atoms with Gasteiger partial charge < -0.3 is 10.4 Å². The van der Waals surface area contributed by atoms with Crippen LogP contribution in [0.2, 0.25) is 0 Å². The van der Waals surface area contributed by atoms with Gasteiger partial charge in [0.1, 0.15) is 0 Å². The quantitative estimate of drug-likeness (QED) is 0.733. The molecule has 1 aliphatic rings. The topological polar surface area (TPSA) is 49.3 Å². The Labute approximate surface area is 98.6 Å². The highest BCUT2D eigenvalue weighted by atomic mass is 16.4. The van der Waals surface area contributed by atoms with E-state index in [1.807, 2.05) is 13.8 Å². The second-order valence-corrected chi connectivity index (χ2v) is 5.29. The first kappa shape index (κ1) is 13.5. The predicted molar refractivity (Wildman–Crippen MR) is 65.5 cm³/mol. The molecule has 94 valence electrons. The van der Waals surface area contributed by atoms with Gasteiger partial charge in [0.05, 0.1) is 5.41 Å². The van der Waals surface area contributed by atoms with Crippen LogP contribution in [0.25, 0.3) is 0 Å². The molecule has 0 radical (unpaired) electrons. The maximum atomic E-state index is 11.3. The lowest BCUT2D eigenvalue weighted by Crippen LogP contribution is -2.43. The van der Waals surface area contributed by atoms with Crippen molar-refractivity contribution in [2.24, 2.45) is 11.3 Å². The van der Waals surface area contributed by atoms with Gasteiger partial charge in [-0.05, 0) is 38.0 Å². The molecule has 3 nitrogen and oxygen atoms in total. The summed E-state index contributed by atoms with van der Waals surface area (Å²) in [6.45, 7) is 6.83. The third kappa shape index (κ3) is 2.97. The van der Waals surface area contributed by atoms with Crippen LogP contribution < -0.4 is 5.32 Å². The molecule has 3 heteroatoms. The SMILES string of the molecule is CCC(CC)(CNC1CCC(C)C1)C(=O)O. The van der Waals surface area contributed by atoms with E-state index < -0.39 is 11.4 Å². The normalized spacial score (nSPS) is 25.9. The van der Waals surface area contributed by atoms with Gasteiger partial charge in [-0.25, -0.2) is 0 Å². The molecule has 0 saturated heterocycles. The molecule has 2 unspecified atom stereocenters. The monoisotopic (exact) mass is 227 g/mol. The second-order valence-electron chi connectivity index (χ2n) is 5.29. The molecule has 0 aromatic rings. The Morgan fingerprint density at radius 2 is 2.00 bits per heavy atom. The van der Waals surface area contributed by atoms with E-state index in [1.165, 1.54) is 19.3 Å². The van der Waals surface area contributed by atoms with Crippen molar-refractivity contribution in [3.63, 3.8) is 0 Å². The summed E-state index contributed by atoms with van der Waals surface area (Å²) in [5, 5.41) is 12.8. The van der Waals surface area contributed by atoms with Crippen LogP contribution in [0.5, 0.6) is 0 Å². The molecular formula is C13H25NO2. The molecule has 0 aromatic heterocycles. The molecule has 1 rings (SSSR count). The highest BCUT2D eigenvalue weighted by Gasteiger charge is 2.35. The molecule has 0 heterocycles. The molecule has 2 atom stereocenters. The van der Waals surface area contributed by atoms with Gasteiger partial charge in [-0.1, -0.05) is 20.8 Å². The molecule has 0 amide bonds. The largest absolute Gasteiger partial charge is 0.481 e. The minimum atomic E-state index is -0.656. The van der Waals surface area contributed by atoms with Gasteiger partial charge in [0.25, 0.3) is 0 Å². The summed E-state index contributed by atoms with van der Waals surface area (Å²) in [4.78, 5) is 11.3. The van der Waals surface area contributed by atoms with Crippen LogP contribution in [-0.2, 0) is 4.79 Å². The van der Waals surface area contributed by atoms with Gasteiger partial charge in [-0.15, -0.1) is 0 Å². The Morgan fingerprint density at radius 1 is 1.38 bits per heavy atom. The molecule has 1 saturated carbocycles. The Balaban J connectivity index is 2.47. The lowest BCUT2D eigenvalue weighted by atomic mass is 9.82. The summed E-state index contributed by atoms with van der Waals surface area (Å²) < 4.78 is 0. The number of rotatable bonds is 6. The Morgan fingerprint density at radius 3 is 2.38 bits per heavy atom. The summed E-state index contributed by atoms with van der Waals surface area (Å²) >= 11 is 0. The first-order chi connectivity index (χ1) is 7.54. The number of nitrogens with one attached hydrogen (secondary N) is 1. The van der Waals surface area contributed by atoms with Crippen molar-refractivity contribution in [3.8, 4) is 0 Å². The van der Waals surface area contributed by atoms with Crippen LogP contribution in [-0.4, -0.2) is 23.7 Å². The van der Waals surface area contributed by atoms with Crippen molar-refractivity contribution in [1.82, 2.24) is 5.32 Å². The van der Waals surface area contributed by atoms with E-state index in [9.17, 15) is 9.90 Å². The van der Waals surface area contributed by atoms with Crippen LogP contribution in [0, 0.1) is 11.3 Å². The molecule has 1 aliphatic carbocycles. The molecule has 0 aliphatic heterocycles. The number of hydrogen-bond acceptors (Lipinski definition) is 2. The van der Waals surface area contributed by atoms with Crippen molar-refractivity contribution < 1.29 is 9.90 Å². The predicted octanol–water partition coefficient (Wildman–Crippen LogP) is 2.66. The number of aliphatic carboxylic acids is 1. The van der Waals surface area contributed by atoms with Gasteiger partial charge in [0, 0.05) is 12.6 Å². The average molecular weight is 227 g/mol. The first-order valence-electron chi connectivity index (χ1n) is 6.51. The van der Waals surface area contributed by atoms with Crippen LogP contribution in [0.4, 0.5) is 0 Å². The summed E-state index contributed by atoms with van der Waals surface area (Å²) in [6.07, 6.45) is 5.08.